The lowest BCUT2D eigenvalue weighted by Gasteiger charge is -2.20. The molecule has 20 heavy (non-hydrogen) atoms. The molecule has 0 radical (unpaired) electrons. The van der Waals surface area contributed by atoms with E-state index in [9.17, 15) is 9.59 Å². The maximum absolute atomic E-state index is 11.9. The normalized spacial score (nSPS) is 18.8. The van der Waals surface area contributed by atoms with Gasteiger partial charge in [0.05, 0.1) is 0 Å². The molecule has 0 bridgehead atoms. The molecule has 5 nitrogen and oxygen atoms in total. The first-order valence-electron chi connectivity index (χ1n) is 6.86. The number of benzene rings is 1. The van der Waals surface area contributed by atoms with Gasteiger partial charge in [-0.15, -0.1) is 0 Å². The van der Waals surface area contributed by atoms with Gasteiger partial charge in [-0.05, 0) is 24.6 Å². The highest BCUT2D eigenvalue weighted by Crippen LogP contribution is 2.28. The third-order valence-electron chi connectivity index (χ3n) is 3.45. The molecule has 1 aromatic rings. The Bertz CT molecular complexity index is 540. The molecule has 1 saturated heterocycles. The Kier molecular flexibility index (Phi) is 4.09. The average Bonchev–Trinajstić information content (AvgIpc) is 2.70. The van der Waals surface area contributed by atoms with E-state index in [1.807, 2.05) is 39.0 Å². The van der Waals surface area contributed by atoms with Gasteiger partial charge in [0.25, 0.3) is 0 Å². The van der Waals surface area contributed by atoms with Crippen molar-refractivity contribution in [1.29, 1.82) is 0 Å². The average molecular weight is 275 g/mol. The van der Waals surface area contributed by atoms with E-state index in [1.165, 1.54) is 0 Å². The summed E-state index contributed by atoms with van der Waals surface area (Å²) in [5.41, 5.74) is 8.35. The Balaban J connectivity index is 2.25. The minimum Gasteiger partial charge on any atom is -0.326 e. The second kappa shape index (κ2) is 5.63. The standard InChI is InChI=1S/C15H21N3O2/c1-9(2)15(20)17-12-5-4-10(3)13(7-12)18-8-11(16)6-14(18)19/h4-5,7,9,11H,6,8,16H2,1-3H3,(H,17,20). The molecular weight excluding hydrogens is 254 g/mol. The summed E-state index contributed by atoms with van der Waals surface area (Å²) in [4.78, 5) is 25.4. The van der Waals surface area contributed by atoms with Crippen molar-refractivity contribution in [3.63, 3.8) is 0 Å². The molecule has 0 spiro atoms. The second-order valence-corrected chi connectivity index (χ2v) is 5.61. The van der Waals surface area contributed by atoms with Crippen LogP contribution in [-0.2, 0) is 9.59 Å². The highest BCUT2D eigenvalue weighted by Gasteiger charge is 2.29. The Labute approximate surface area is 119 Å². The fraction of sp³-hybridized carbons (Fsp3) is 0.467. The van der Waals surface area contributed by atoms with Crippen LogP contribution in [-0.4, -0.2) is 24.4 Å². The predicted octanol–water partition coefficient (Wildman–Crippen LogP) is 1.65. The Morgan fingerprint density at radius 1 is 1.45 bits per heavy atom. The fourth-order valence-corrected chi connectivity index (χ4v) is 2.23. The number of carbonyl (C=O) groups is 2. The van der Waals surface area contributed by atoms with Crippen LogP contribution in [0, 0.1) is 12.8 Å². The number of hydrogen-bond acceptors (Lipinski definition) is 3. The van der Waals surface area contributed by atoms with Crippen LogP contribution >= 0.6 is 0 Å². The third-order valence-corrected chi connectivity index (χ3v) is 3.45. The molecule has 0 saturated carbocycles. The Morgan fingerprint density at radius 2 is 2.15 bits per heavy atom. The van der Waals surface area contributed by atoms with Gasteiger partial charge in [-0.2, -0.15) is 0 Å². The van der Waals surface area contributed by atoms with E-state index in [0.29, 0.717) is 18.7 Å². The summed E-state index contributed by atoms with van der Waals surface area (Å²) >= 11 is 0. The number of nitrogens with two attached hydrogens (primary N) is 1. The summed E-state index contributed by atoms with van der Waals surface area (Å²) in [5.74, 6) is -0.0845. The molecule has 1 fully saturated rings. The van der Waals surface area contributed by atoms with E-state index in [2.05, 4.69) is 5.32 Å². The van der Waals surface area contributed by atoms with E-state index in [4.69, 9.17) is 5.73 Å². The van der Waals surface area contributed by atoms with Crippen molar-refractivity contribution in [2.75, 3.05) is 16.8 Å². The summed E-state index contributed by atoms with van der Waals surface area (Å²) in [6.45, 7) is 6.16. The smallest absolute Gasteiger partial charge is 0.228 e. The molecule has 1 heterocycles. The maximum atomic E-state index is 11.9. The first-order chi connectivity index (χ1) is 9.38. The Hall–Kier alpha value is -1.88. The monoisotopic (exact) mass is 275 g/mol. The van der Waals surface area contributed by atoms with E-state index in [1.54, 1.807) is 4.90 Å². The molecule has 1 aromatic carbocycles. The highest BCUT2D eigenvalue weighted by molar-refractivity contribution is 5.98. The van der Waals surface area contributed by atoms with Gasteiger partial charge in [-0.3, -0.25) is 9.59 Å². The lowest BCUT2D eigenvalue weighted by Crippen LogP contribution is -2.28. The van der Waals surface area contributed by atoms with E-state index in [0.717, 1.165) is 11.3 Å². The minimum absolute atomic E-state index is 0.0351. The van der Waals surface area contributed by atoms with Crippen molar-refractivity contribution >= 4 is 23.2 Å². The highest BCUT2D eigenvalue weighted by atomic mass is 16.2. The first kappa shape index (κ1) is 14.5. The van der Waals surface area contributed by atoms with Gasteiger partial charge in [0.2, 0.25) is 11.8 Å². The number of hydrogen-bond donors (Lipinski definition) is 2. The van der Waals surface area contributed by atoms with Crippen LogP contribution in [0.1, 0.15) is 25.8 Å². The third kappa shape index (κ3) is 2.99. The molecule has 0 aliphatic carbocycles. The van der Waals surface area contributed by atoms with Crippen LogP contribution < -0.4 is 16.0 Å². The number of anilines is 2. The molecule has 2 rings (SSSR count). The molecule has 1 aliphatic rings. The number of rotatable bonds is 3. The van der Waals surface area contributed by atoms with Crippen LogP contribution in [0.3, 0.4) is 0 Å². The van der Waals surface area contributed by atoms with E-state index < -0.39 is 0 Å². The summed E-state index contributed by atoms with van der Waals surface area (Å²) in [5, 5.41) is 2.85. The van der Waals surface area contributed by atoms with Crippen molar-refractivity contribution in [1.82, 2.24) is 0 Å². The summed E-state index contributed by atoms with van der Waals surface area (Å²) < 4.78 is 0. The first-order valence-corrected chi connectivity index (χ1v) is 6.86. The van der Waals surface area contributed by atoms with Gasteiger partial charge < -0.3 is 16.0 Å². The summed E-state index contributed by atoms with van der Waals surface area (Å²) in [7, 11) is 0. The molecule has 2 amide bonds. The van der Waals surface area contributed by atoms with Gasteiger partial charge in [0.15, 0.2) is 0 Å². The van der Waals surface area contributed by atoms with Crippen molar-refractivity contribution in [2.24, 2.45) is 11.7 Å². The number of nitrogens with one attached hydrogen (secondary N) is 1. The minimum atomic E-state index is -0.115. The molecule has 1 aliphatic heterocycles. The zero-order chi connectivity index (χ0) is 14.9. The van der Waals surface area contributed by atoms with E-state index in [-0.39, 0.29) is 23.8 Å². The quantitative estimate of drug-likeness (QED) is 0.880. The van der Waals surface area contributed by atoms with Gasteiger partial charge in [-0.25, -0.2) is 0 Å². The lowest BCUT2D eigenvalue weighted by molar-refractivity contribution is -0.119. The van der Waals surface area contributed by atoms with Crippen LogP contribution in [0.25, 0.3) is 0 Å². The van der Waals surface area contributed by atoms with Crippen LogP contribution in [0.2, 0.25) is 0 Å². The number of amides is 2. The van der Waals surface area contributed by atoms with Crippen molar-refractivity contribution in [3.8, 4) is 0 Å². The van der Waals surface area contributed by atoms with Crippen LogP contribution in [0.15, 0.2) is 18.2 Å². The molecule has 1 atom stereocenters. The number of nitrogens with zero attached hydrogens (tertiary/aromatic N) is 1. The lowest BCUT2D eigenvalue weighted by atomic mass is 10.1. The predicted molar refractivity (Wildman–Crippen MR) is 79.6 cm³/mol. The molecule has 3 N–H and O–H groups in total. The Morgan fingerprint density at radius 3 is 2.70 bits per heavy atom. The zero-order valence-corrected chi connectivity index (χ0v) is 12.1. The summed E-state index contributed by atoms with van der Waals surface area (Å²) in [6, 6.07) is 5.48. The van der Waals surface area contributed by atoms with Crippen molar-refractivity contribution in [2.45, 2.75) is 33.2 Å². The molecule has 5 heteroatoms. The zero-order valence-electron chi connectivity index (χ0n) is 12.1. The SMILES string of the molecule is Cc1ccc(NC(=O)C(C)C)cc1N1CC(N)CC1=O. The molecule has 108 valence electrons. The van der Waals surface area contributed by atoms with Crippen LogP contribution in [0.5, 0.6) is 0 Å². The van der Waals surface area contributed by atoms with Gasteiger partial charge in [0.1, 0.15) is 0 Å². The van der Waals surface area contributed by atoms with Gasteiger partial charge in [-0.1, -0.05) is 19.9 Å². The molecule has 1 unspecified atom stereocenters. The van der Waals surface area contributed by atoms with Crippen molar-refractivity contribution < 1.29 is 9.59 Å². The topological polar surface area (TPSA) is 75.4 Å². The summed E-state index contributed by atoms with van der Waals surface area (Å²) in [6.07, 6.45) is 0.377. The van der Waals surface area contributed by atoms with Crippen molar-refractivity contribution in [3.05, 3.63) is 23.8 Å². The number of aryl methyl sites for hydroxylation is 1. The largest absolute Gasteiger partial charge is 0.326 e. The van der Waals surface area contributed by atoms with Gasteiger partial charge >= 0.3 is 0 Å². The molecule has 0 aromatic heterocycles. The van der Waals surface area contributed by atoms with E-state index >= 15 is 0 Å². The fourth-order valence-electron chi connectivity index (χ4n) is 2.23. The number of carbonyl (C=O) groups excluding carboxylic acids is 2. The van der Waals surface area contributed by atoms with Gasteiger partial charge in [0, 0.05) is 36.3 Å². The second-order valence-electron chi connectivity index (χ2n) is 5.61. The molecular formula is C15H21N3O2. The van der Waals surface area contributed by atoms with Crippen LogP contribution in [0.4, 0.5) is 11.4 Å². The maximum Gasteiger partial charge on any atom is 0.228 e.